The first-order chi connectivity index (χ1) is 7.57. The highest BCUT2D eigenvalue weighted by atomic mass is 79.9. The summed E-state index contributed by atoms with van der Waals surface area (Å²) in [5, 5.41) is 0. The molecule has 2 rings (SSSR count). The Balaban J connectivity index is 1.98. The van der Waals surface area contributed by atoms with E-state index in [-0.39, 0.29) is 11.3 Å². The van der Waals surface area contributed by atoms with E-state index in [0.717, 1.165) is 16.6 Å². The molecule has 16 heavy (non-hydrogen) atoms. The van der Waals surface area contributed by atoms with Gasteiger partial charge < -0.3 is 10.6 Å². The van der Waals surface area contributed by atoms with Gasteiger partial charge in [-0.05, 0) is 40.9 Å². The number of hydrogen-bond donors (Lipinski definition) is 1. The molecule has 1 aromatic rings. The fraction of sp³-hybridized carbons (Fsp3) is 0.545. The summed E-state index contributed by atoms with van der Waals surface area (Å²) in [7, 11) is 1.85. The van der Waals surface area contributed by atoms with Crippen molar-refractivity contribution in [3.63, 3.8) is 0 Å². The summed E-state index contributed by atoms with van der Waals surface area (Å²) in [5.41, 5.74) is 5.42. The van der Waals surface area contributed by atoms with Gasteiger partial charge in [-0.15, -0.1) is 11.3 Å². The van der Waals surface area contributed by atoms with Gasteiger partial charge in [-0.1, -0.05) is 0 Å². The van der Waals surface area contributed by atoms with Crippen LogP contribution in [0.3, 0.4) is 0 Å². The summed E-state index contributed by atoms with van der Waals surface area (Å²) in [6, 6.07) is 4.05. The minimum Gasteiger partial charge on any atom is -0.340 e. The molecule has 1 amide bonds. The average molecular weight is 303 g/mol. The lowest BCUT2D eigenvalue weighted by Crippen LogP contribution is -2.37. The smallest absolute Gasteiger partial charge is 0.230 e. The number of hydrogen-bond acceptors (Lipinski definition) is 3. The van der Waals surface area contributed by atoms with E-state index in [9.17, 15) is 4.79 Å². The van der Waals surface area contributed by atoms with E-state index in [0.29, 0.717) is 13.1 Å². The zero-order valence-corrected chi connectivity index (χ0v) is 11.6. The highest BCUT2D eigenvalue weighted by molar-refractivity contribution is 9.11. The topological polar surface area (TPSA) is 46.3 Å². The Morgan fingerprint density at radius 2 is 2.31 bits per heavy atom. The van der Waals surface area contributed by atoms with Crippen LogP contribution in [-0.2, 0) is 11.3 Å². The predicted molar refractivity (Wildman–Crippen MR) is 69.2 cm³/mol. The van der Waals surface area contributed by atoms with Crippen molar-refractivity contribution in [2.24, 2.45) is 11.1 Å². The van der Waals surface area contributed by atoms with Crippen molar-refractivity contribution in [1.29, 1.82) is 0 Å². The Morgan fingerprint density at radius 3 is 2.75 bits per heavy atom. The molecule has 1 saturated carbocycles. The largest absolute Gasteiger partial charge is 0.340 e. The monoisotopic (exact) mass is 302 g/mol. The Morgan fingerprint density at radius 1 is 1.62 bits per heavy atom. The summed E-state index contributed by atoms with van der Waals surface area (Å²) in [5.74, 6) is 0.194. The van der Waals surface area contributed by atoms with Crippen LogP contribution in [0.25, 0.3) is 0 Å². The van der Waals surface area contributed by atoms with Gasteiger partial charge in [0.15, 0.2) is 0 Å². The molecule has 0 aromatic carbocycles. The number of nitrogens with zero attached hydrogens (tertiary/aromatic N) is 1. The standard InChI is InChI=1S/C11H15BrN2OS/c1-14(6-8-2-3-9(12)16-8)10(15)11(7-13)4-5-11/h2-3H,4-7,13H2,1H3. The lowest BCUT2D eigenvalue weighted by Gasteiger charge is -2.21. The van der Waals surface area contributed by atoms with E-state index in [4.69, 9.17) is 5.73 Å². The van der Waals surface area contributed by atoms with Crippen LogP contribution in [0.2, 0.25) is 0 Å². The molecular weight excluding hydrogens is 288 g/mol. The van der Waals surface area contributed by atoms with Crippen LogP contribution in [0.5, 0.6) is 0 Å². The van der Waals surface area contributed by atoms with Crippen LogP contribution >= 0.6 is 27.3 Å². The molecule has 0 aliphatic heterocycles. The van der Waals surface area contributed by atoms with Crippen LogP contribution in [0.15, 0.2) is 15.9 Å². The molecule has 0 unspecified atom stereocenters. The molecule has 1 heterocycles. The summed E-state index contributed by atoms with van der Waals surface area (Å²) >= 11 is 5.08. The van der Waals surface area contributed by atoms with Gasteiger partial charge in [0, 0.05) is 18.5 Å². The molecule has 1 fully saturated rings. The summed E-state index contributed by atoms with van der Waals surface area (Å²) < 4.78 is 1.10. The molecule has 0 atom stereocenters. The average Bonchev–Trinajstić information content (AvgIpc) is 2.97. The van der Waals surface area contributed by atoms with E-state index in [1.807, 2.05) is 19.2 Å². The number of amides is 1. The molecule has 5 heteroatoms. The second-order valence-corrected chi connectivity index (χ2v) is 6.90. The SMILES string of the molecule is CN(Cc1ccc(Br)s1)C(=O)C1(CN)CC1. The van der Waals surface area contributed by atoms with Gasteiger partial charge in [0.2, 0.25) is 5.91 Å². The highest BCUT2D eigenvalue weighted by Gasteiger charge is 2.49. The van der Waals surface area contributed by atoms with Crippen LogP contribution in [0.1, 0.15) is 17.7 Å². The molecule has 0 radical (unpaired) electrons. The van der Waals surface area contributed by atoms with Gasteiger partial charge in [0.25, 0.3) is 0 Å². The first kappa shape index (κ1) is 12.1. The minimum atomic E-state index is -0.233. The highest BCUT2D eigenvalue weighted by Crippen LogP contribution is 2.46. The third-order valence-electron chi connectivity index (χ3n) is 3.07. The minimum absolute atomic E-state index is 0.194. The van der Waals surface area contributed by atoms with Crippen LogP contribution in [0.4, 0.5) is 0 Å². The number of carbonyl (C=O) groups excluding carboxylic acids is 1. The predicted octanol–water partition coefficient (Wildman–Crippen LogP) is 2.21. The van der Waals surface area contributed by atoms with Crippen LogP contribution in [-0.4, -0.2) is 24.4 Å². The van der Waals surface area contributed by atoms with Crippen molar-refractivity contribution in [2.75, 3.05) is 13.6 Å². The van der Waals surface area contributed by atoms with Gasteiger partial charge in [-0.3, -0.25) is 4.79 Å². The van der Waals surface area contributed by atoms with Gasteiger partial charge >= 0.3 is 0 Å². The third kappa shape index (κ3) is 2.31. The van der Waals surface area contributed by atoms with E-state index in [2.05, 4.69) is 15.9 Å². The number of thiophene rings is 1. The van der Waals surface area contributed by atoms with Gasteiger partial charge in [0.1, 0.15) is 0 Å². The Bertz CT molecular complexity index is 400. The summed E-state index contributed by atoms with van der Waals surface area (Å²) in [4.78, 5) is 15.1. The second kappa shape index (κ2) is 4.47. The number of halogens is 1. The molecule has 3 nitrogen and oxygen atoms in total. The Hall–Kier alpha value is -0.390. The molecule has 88 valence electrons. The summed E-state index contributed by atoms with van der Waals surface area (Å²) in [6.07, 6.45) is 1.89. The summed E-state index contributed by atoms with van der Waals surface area (Å²) in [6.45, 7) is 1.15. The van der Waals surface area contributed by atoms with Gasteiger partial charge in [0.05, 0.1) is 15.7 Å². The normalized spacial score (nSPS) is 17.2. The van der Waals surface area contributed by atoms with E-state index in [1.54, 1.807) is 16.2 Å². The quantitative estimate of drug-likeness (QED) is 0.927. The van der Waals surface area contributed by atoms with Gasteiger partial charge in [-0.25, -0.2) is 0 Å². The Kier molecular flexibility index (Phi) is 3.37. The van der Waals surface area contributed by atoms with Crippen molar-refractivity contribution in [3.8, 4) is 0 Å². The molecule has 0 bridgehead atoms. The van der Waals surface area contributed by atoms with Crippen LogP contribution in [0, 0.1) is 5.41 Å². The molecule has 0 saturated heterocycles. The van der Waals surface area contributed by atoms with Crippen LogP contribution < -0.4 is 5.73 Å². The lowest BCUT2D eigenvalue weighted by atomic mass is 10.1. The maximum Gasteiger partial charge on any atom is 0.230 e. The first-order valence-electron chi connectivity index (χ1n) is 5.27. The van der Waals surface area contributed by atoms with Crippen molar-refractivity contribution < 1.29 is 4.79 Å². The molecule has 1 aromatic heterocycles. The van der Waals surface area contributed by atoms with E-state index < -0.39 is 0 Å². The molecule has 1 aliphatic rings. The lowest BCUT2D eigenvalue weighted by molar-refractivity contribution is -0.135. The Labute approximate surface area is 108 Å². The molecular formula is C11H15BrN2OS. The van der Waals surface area contributed by atoms with E-state index >= 15 is 0 Å². The van der Waals surface area contributed by atoms with Crippen molar-refractivity contribution in [2.45, 2.75) is 19.4 Å². The first-order valence-corrected chi connectivity index (χ1v) is 6.88. The van der Waals surface area contributed by atoms with Crippen molar-refractivity contribution in [3.05, 3.63) is 20.8 Å². The zero-order valence-electron chi connectivity index (χ0n) is 9.20. The fourth-order valence-corrected chi connectivity index (χ4v) is 3.34. The van der Waals surface area contributed by atoms with E-state index in [1.165, 1.54) is 4.88 Å². The maximum absolute atomic E-state index is 12.1. The van der Waals surface area contributed by atoms with Crippen molar-refractivity contribution in [1.82, 2.24) is 4.90 Å². The third-order valence-corrected chi connectivity index (χ3v) is 4.67. The number of nitrogens with two attached hydrogens (primary N) is 1. The molecule has 2 N–H and O–H groups in total. The number of carbonyl (C=O) groups is 1. The van der Waals surface area contributed by atoms with Crippen molar-refractivity contribution >= 4 is 33.2 Å². The number of rotatable bonds is 4. The van der Waals surface area contributed by atoms with Gasteiger partial charge in [-0.2, -0.15) is 0 Å². The maximum atomic E-state index is 12.1. The second-order valence-electron chi connectivity index (χ2n) is 4.35. The zero-order chi connectivity index (χ0) is 11.8. The fourth-order valence-electron chi connectivity index (χ4n) is 1.80. The molecule has 0 spiro atoms. The molecule has 1 aliphatic carbocycles.